The van der Waals surface area contributed by atoms with E-state index in [4.69, 9.17) is 9.15 Å². The van der Waals surface area contributed by atoms with E-state index in [9.17, 15) is 9.90 Å². The Bertz CT molecular complexity index is 819. The Kier molecular flexibility index (Phi) is 2.91. The minimum atomic E-state index is -0.157. The first-order valence-corrected chi connectivity index (χ1v) is 6.08. The summed E-state index contributed by atoms with van der Waals surface area (Å²) >= 11 is 0. The second kappa shape index (κ2) is 4.74. The van der Waals surface area contributed by atoms with E-state index in [1.165, 1.54) is 25.5 Å². The predicted molar refractivity (Wildman–Crippen MR) is 76.1 cm³/mol. The van der Waals surface area contributed by atoms with Gasteiger partial charge in [-0.15, -0.1) is 0 Å². The molecule has 0 aliphatic heterocycles. The molecule has 0 spiro atoms. The fourth-order valence-electron chi connectivity index (χ4n) is 2.13. The molecule has 0 saturated heterocycles. The van der Waals surface area contributed by atoms with Gasteiger partial charge in [-0.25, -0.2) is 0 Å². The predicted octanol–water partition coefficient (Wildman–Crippen LogP) is 3.17. The maximum Gasteiger partial charge on any atom is 0.200 e. The average Bonchev–Trinajstić information content (AvgIpc) is 2.48. The molecule has 3 rings (SSSR count). The highest BCUT2D eigenvalue weighted by Gasteiger charge is 2.12. The van der Waals surface area contributed by atoms with Gasteiger partial charge in [0.1, 0.15) is 11.8 Å². The van der Waals surface area contributed by atoms with Gasteiger partial charge in [0.25, 0.3) is 0 Å². The van der Waals surface area contributed by atoms with Crippen molar-refractivity contribution in [2.24, 2.45) is 0 Å². The van der Waals surface area contributed by atoms with Crippen molar-refractivity contribution in [1.29, 1.82) is 0 Å². The van der Waals surface area contributed by atoms with Crippen molar-refractivity contribution in [3.63, 3.8) is 0 Å². The molecule has 3 aromatic rings. The standard InChI is InChI=1S/C16H12O4/c1-19-15-7-11-14(8-13(15)17)20-9-12(16(11)18)10-5-3-2-4-6-10/h2-9,17H,1H3. The normalized spacial score (nSPS) is 10.7. The molecule has 0 atom stereocenters. The van der Waals surface area contributed by atoms with Crippen LogP contribution in [0.5, 0.6) is 11.5 Å². The Labute approximate surface area is 114 Å². The zero-order valence-electron chi connectivity index (χ0n) is 10.8. The first-order valence-electron chi connectivity index (χ1n) is 6.08. The summed E-state index contributed by atoms with van der Waals surface area (Å²) in [6.45, 7) is 0. The molecule has 20 heavy (non-hydrogen) atoms. The lowest BCUT2D eigenvalue weighted by Crippen LogP contribution is -2.05. The van der Waals surface area contributed by atoms with Gasteiger partial charge < -0.3 is 14.3 Å². The number of ether oxygens (including phenoxy) is 1. The summed E-state index contributed by atoms with van der Waals surface area (Å²) in [7, 11) is 1.43. The first kappa shape index (κ1) is 12.3. The molecular formula is C16H12O4. The second-order valence-electron chi connectivity index (χ2n) is 4.36. The number of methoxy groups -OCH3 is 1. The highest BCUT2D eigenvalue weighted by atomic mass is 16.5. The van der Waals surface area contributed by atoms with Crippen LogP contribution >= 0.6 is 0 Å². The molecule has 0 fully saturated rings. The number of rotatable bonds is 2. The first-order chi connectivity index (χ1) is 9.70. The van der Waals surface area contributed by atoms with Gasteiger partial charge >= 0.3 is 0 Å². The van der Waals surface area contributed by atoms with Gasteiger partial charge in [-0.1, -0.05) is 30.3 Å². The molecule has 0 amide bonds. The summed E-state index contributed by atoms with van der Waals surface area (Å²) < 4.78 is 10.5. The topological polar surface area (TPSA) is 59.7 Å². The van der Waals surface area contributed by atoms with Crippen LogP contribution in [0.3, 0.4) is 0 Å². The van der Waals surface area contributed by atoms with Crippen molar-refractivity contribution in [3.8, 4) is 22.6 Å². The lowest BCUT2D eigenvalue weighted by atomic mass is 10.1. The molecule has 2 aromatic carbocycles. The molecule has 0 radical (unpaired) electrons. The van der Waals surface area contributed by atoms with Gasteiger partial charge in [0.15, 0.2) is 11.5 Å². The Morgan fingerprint density at radius 3 is 2.60 bits per heavy atom. The zero-order chi connectivity index (χ0) is 14.1. The quantitative estimate of drug-likeness (QED) is 0.775. The van der Waals surface area contributed by atoms with Crippen LogP contribution in [0.4, 0.5) is 0 Å². The Hall–Kier alpha value is -2.75. The van der Waals surface area contributed by atoms with Crippen LogP contribution < -0.4 is 10.2 Å². The van der Waals surface area contributed by atoms with Gasteiger partial charge in [-0.3, -0.25) is 4.79 Å². The van der Waals surface area contributed by atoms with E-state index in [0.29, 0.717) is 16.5 Å². The number of phenolic OH excluding ortho intramolecular Hbond substituents is 1. The number of hydrogen-bond acceptors (Lipinski definition) is 4. The van der Waals surface area contributed by atoms with Crippen LogP contribution in [0.15, 0.2) is 57.9 Å². The molecule has 0 unspecified atom stereocenters. The number of fused-ring (bicyclic) bond motifs is 1. The van der Waals surface area contributed by atoms with Gasteiger partial charge in [-0.05, 0) is 11.6 Å². The lowest BCUT2D eigenvalue weighted by Gasteiger charge is -2.06. The van der Waals surface area contributed by atoms with Crippen LogP contribution in [0.1, 0.15) is 0 Å². The van der Waals surface area contributed by atoms with Crippen LogP contribution in [0.2, 0.25) is 0 Å². The highest BCUT2D eigenvalue weighted by molar-refractivity contribution is 5.84. The van der Waals surface area contributed by atoms with E-state index in [2.05, 4.69) is 0 Å². The van der Waals surface area contributed by atoms with Gasteiger partial charge in [-0.2, -0.15) is 0 Å². The smallest absolute Gasteiger partial charge is 0.200 e. The maximum absolute atomic E-state index is 12.5. The van der Waals surface area contributed by atoms with Crippen LogP contribution in [0, 0.1) is 0 Å². The second-order valence-corrected chi connectivity index (χ2v) is 4.36. The molecule has 0 aliphatic carbocycles. The number of benzene rings is 2. The van der Waals surface area contributed by atoms with E-state index < -0.39 is 0 Å². The highest BCUT2D eigenvalue weighted by Crippen LogP contribution is 2.30. The summed E-state index contributed by atoms with van der Waals surface area (Å²) in [6.07, 6.45) is 1.41. The molecule has 100 valence electrons. The molecule has 4 nitrogen and oxygen atoms in total. The van der Waals surface area contributed by atoms with Crippen LogP contribution in [0.25, 0.3) is 22.1 Å². The van der Waals surface area contributed by atoms with Crippen molar-refractivity contribution in [1.82, 2.24) is 0 Å². The maximum atomic E-state index is 12.5. The molecule has 1 aromatic heterocycles. The Morgan fingerprint density at radius 1 is 1.15 bits per heavy atom. The summed E-state index contributed by atoms with van der Waals surface area (Å²) in [6, 6.07) is 12.2. The fourth-order valence-corrected chi connectivity index (χ4v) is 2.13. The van der Waals surface area contributed by atoms with Crippen molar-refractivity contribution in [3.05, 3.63) is 59.0 Å². The third-order valence-corrected chi connectivity index (χ3v) is 3.16. The summed E-state index contributed by atoms with van der Waals surface area (Å²) in [5.74, 6) is 0.186. The third kappa shape index (κ3) is 1.91. The minimum absolute atomic E-state index is 0.0596. The third-order valence-electron chi connectivity index (χ3n) is 3.16. The van der Waals surface area contributed by atoms with E-state index in [1.54, 1.807) is 0 Å². The molecule has 1 N–H and O–H groups in total. The molecule has 0 bridgehead atoms. The number of phenols is 1. The van der Waals surface area contributed by atoms with Crippen LogP contribution in [-0.2, 0) is 0 Å². The van der Waals surface area contributed by atoms with E-state index in [-0.39, 0.29) is 16.9 Å². The van der Waals surface area contributed by atoms with Gasteiger partial charge in [0.05, 0.1) is 18.1 Å². The zero-order valence-corrected chi connectivity index (χ0v) is 10.8. The Balaban J connectivity index is 2.31. The molecular weight excluding hydrogens is 256 g/mol. The Morgan fingerprint density at radius 2 is 1.90 bits per heavy atom. The number of aromatic hydroxyl groups is 1. The fraction of sp³-hybridized carbons (Fsp3) is 0.0625. The van der Waals surface area contributed by atoms with Gasteiger partial charge in [0, 0.05) is 6.07 Å². The molecule has 0 saturated carbocycles. The molecule has 4 heteroatoms. The van der Waals surface area contributed by atoms with Crippen LogP contribution in [-0.4, -0.2) is 12.2 Å². The van der Waals surface area contributed by atoms with Crippen molar-refractivity contribution in [2.45, 2.75) is 0 Å². The average molecular weight is 268 g/mol. The van der Waals surface area contributed by atoms with Crippen molar-refractivity contribution >= 4 is 11.0 Å². The van der Waals surface area contributed by atoms with E-state index >= 15 is 0 Å². The minimum Gasteiger partial charge on any atom is -0.504 e. The monoisotopic (exact) mass is 268 g/mol. The van der Waals surface area contributed by atoms with E-state index in [1.807, 2.05) is 30.3 Å². The summed E-state index contributed by atoms with van der Waals surface area (Å²) in [5.41, 5.74) is 1.43. The molecule has 0 aliphatic rings. The molecule has 1 heterocycles. The lowest BCUT2D eigenvalue weighted by molar-refractivity contribution is 0.373. The largest absolute Gasteiger partial charge is 0.504 e. The van der Waals surface area contributed by atoms with Gasteiger partial charge in [0.2, 0.25) is 5.43 Å². The van der Waals surface area contributed by atoms with Crippen molar-refractivity contribution in [2.75, 3.05) is 7.11 Å². The summed E-state index contributed by atoms with van der Waals surface area (Å²) in [4.78, 5) is 12.5. The number of hydrogen-bond donors (Lipinski definition) is 1. The summed E-state index contributed by atoms with van der Waals surface area (Å²) in [5, 5.41) is 10.1. The van der Waals surface area contributed by atoms with E-state index in [0.717, 1.165) is 5.56 Å². The SMILES string of the molecule is COc1cc2c(=O)c(-c3ccccc3)coc2cc1O. The van der Waals surface area contributed by atoms with Crippen molar-refractivity contribution < 1.29 is 14.3 Å².